The van der Waals surface area contributed by atoms with Crippen LogP contribution in [0.4, 0.5) is 0 Å². The lowest BCUT2D eigenvalue weighted by Crippen LogP contribution is -2.30. The van der Waals surface area contributed by atoms with Crippen molar-refractivity contribution in [2.45, 2.75) is 420 Å². The molecule has 0 saturated carbocycles. The number of phosphoric acid groups is 2. The zero-order chi connectivity index (χ0) is 72.4. The lowest BCUT2D eigenvalue weighted by molar-refractivity contribution is -0.161. The number of aliphatic hydroxyl groups is 1. The van der Waals surface area contributed by atoms with Crippen LogP contribution in [0.5, 0.6) is 0 Å². The van der Waals surface area contributed by atoms with Crippen molar-refractivity contribution in [1.82, 2.24) is 0 Å². The molecule has 4 unspecified atom stereocenters. The monoisotopic (exact) mass is 1440 g/mol. The standard InChI is InChI=1S/C79H154O17P2/c1-9-72(8)58-50-42-34-25-21-17-14-15-19-23-27-36-45-53-61-78(83)95-74(65-89-76(81)59-51-43-35-26-22-18-13-11-10-12-16-20-24-31-39-47-55-69(2)3)67-93-97(85,86)91-63-73(80)64-92-98(87,88)94-68-75(66-90-77(82)60-52-44-38-30-33-41-49-57-71(6)7)96-79(84)62-54-46-37-29-28-32-40-48-56-70(4)5/h69-75,80H,9-68H2,1-8H3,(H,85,86)(H,87,88)/t72?,73?,74-,75-/m1/s1. The molecule has 98 heavy (non-hydrogen) atoms. The lowest BCUT2D eigenvalue weighted by Gasteiger charge is -2.21. The van der Waals surface area contributed by atoms with Crippen molar-refractivity contribution in [2.75, 3.05) is 39.6 Å². The summed E-state index contributed by atoms with van der Waals surface area (Å²) in [5.74, 6) is 0.962. The minimum Gasteiger partial charge on any atom is -0.462 e. The molecule has 0 aliphatic heterocycles. The second-order valence-corrected chi connectivity index (χ2v) is 33.0. The lowest BCUT2D eigenvalue weighted by atomic mass is 9.99. The molecule has 0 bridgehead atoms. The molecule has 0 fully saturated rings. The predicted molar refractivity (Wildman–Crippen MR) is 400 cm³/mol. The number of phosphoric ester groups is 2. The summed E-state index contributed by atoms with van der Waals surface area (Å²) in [4.78, 5) is 72.9. The van der Waals surface area contributed by atoms with E-state index in [1.807, 2.05) is 0 Å². The summed E-state index contributed by atoms with van der Waals surface area (Å²) in [7, 11) is -9.92. The van der Waals surface area contributed by atoms with Crippen molar-refractivity contribution in [3.05, 3.63) is 0 Å². The number of rotatable bonds is 76. The van der Waals surface area contributed by atoms with Crippen LogP contribution in [0.25, 0.3) is 0 Å². The molecule has 17 nitrogen and oxygen atoms in total. The molecule has 0 aliphatic carbocycles. The topological polar surface area (TPSA) is 237 Å². The Bertz CT molecular complexity index is 1920. The van der Waals surface area contributed by atoms with Gasteiger partial charge in [0.1, 0.15) is 19.3 Å². The van der Waals surface area contributed by atoms with E-state index in [1.165, 1.54) is 199 Å². The fourth-order valence-corrected chi connectivity index (χ4v) is 13.6. The van der Waals surface area contributed by atoms with E-state index in [9.17, 15) is 43.2 Å². The molecule has 0 rings (SSSR count). The molecule has 19 heteroatoms. The first-order chi connectivity index (χ1) is 47.1. The number of hydrogen-bond acceptors (Lipinski definition) is 15. The molecule has 0 spiro atoms. The normalized spacial score (nSPS) is 14.3. The third-order valence-electron chi connectivity index (χ3n) is 18.7. The molecule has 6 atom stereocenters. The maximum absolute atomic E-state index is 13.1. The first kappa shape index (κ1) is 96.1. The molecule has 582 valence electrons. The van der Waals surface area contributed by atoms with Gasteiger partial charge in [-0.3, -0.25) is 37.3 Å². The highest BCUT2D eigenvalue weighted by atomic mass is 31.2. The number of carbonyl (C=O) groups excluding carboxylic acids is 4. The zero-order valence-corrected chi connectivity index (χ0v) is 66.2. The smallest absolute Gasteiger partial charge is 0.462 e. The maximum Gasteiger partial charge on any atom is 0.472 e. The molecule has 0 aromatic heterocycles. The van der Waals surface area contributed by atoms with Gasteiger partial charge in [0.15, 0.2) is 12.2 Å². The molecule has 3 N–H and O–H groups in total. The molecule has 0 saturated heterocycles. The van der Waals surface area contributed by atoms with Gasteiger partial charge in [0.2, 0.25) is 0 Å². The zero-order valence-electron chi connectivity index (χ0n) is 64.4. The Hall–Kier alpha value is -1.94. The van der Waals surface area contributed by atoms with Crippen LogP contribution in [0.15, 0.2) is 0 Å². The highest BCUT2D eigenvalue weighted by Gasteiger charge is 2.30. The summed E-state index contributed by atoms with van der Waals surface area (Å²) in [5.41, 5.74) is 0. The first-order valence-electron chi connectivity index (χ1n) is 40.7. The van der Waals surface area contributed by atoms with E-state index >= 15 is 0 Å². The number of aliphatic hydroxyl groups excluding tert-OH is 1. The van der Waals surface area contributed by atoms with E-state index in [0.29, 0.717) is 31.6 Å². The van der Waals surface area contributed by atoms with Gasteiger partial charge in [0.05, 0.1) is 26.4 Å². The Balaban J connectivity index is 5.22. The predicted octanol–water partition coefficient (Wildman–Crippen LogP) is 23.2. The number of ether oxygens (including phenoxy) is 4. The van der Waals surface area contributed by atoms with Gasteiger partial charge >= 0.3 is 39.5 Å². The van der Waals surface area contributed by atoms with Gasteiger partial charge in [-0.15, -0.1) is 0 Å². The van der Waals surface area contributed by atoms with E-state index in [4.69, 9.17) is 37.0 Å². The Labute approximate surface area is 600 Å². The van der Waals surface area contributed by atoms with E-state index in [2.05, 4.69) is 55.4 Å². The summed E-state index contributed by atoms with van der Waals surface area (Å²) in [5, 5.41) is 10.6. The highest BCUT2D eigenvalue weighted by Crippen LogP contribution is 2.45. The van der Waals surface area contributed by atoms with Crippen molar-refractivity contribution in [1.29, 1.82) is 0 Å². The maximum atomic E-state index is 13.1. The second-order valence-electron chi connectivity index (χ2n) is 30.1. The van der Waals surface area contributed by atoms with Crippen LogP contribution >= 0.6 is 15.6 Å². The van der Waals surface area contributed by atoms with E-state index in [1.54, 1.807) is 0 Å². The minimum atomic E-state index is -4.96. The van der Waals surface area contributed by atoms with Gasteiger partial charge in [-0.1, -0.05) is 351 Å². The molecule has 0 aliphatic rings. The van der Waals surface area contributed by atoms with Crippen LogP contribution in [0.2, 0.25) is 0 Å². The quantitative estimate of drug-likeness (QED) is 0.0222. The van der Waals surface area contributed by atoms with E-state index < -0.39 is 97.5 Å². The van der Waals surface area contributed by atoms with Crippen molar-refractivity contribution in [3.63, 3.8) is 0 Å². The molecule has 0 aromatic rings. The fourth-order valence-electron chi connectivity index (χ4n) is 12.0. The van der Waals surface area contributed by atoms with Crippen LogP contribution in [0.3, 0.4) is 0 Å². The van der Waals surface area contributed by atoms with Crippen LogP contribution in [0, 0.1) is 23.7 Å². The average Bonchev–Trinajstić information content (AvgIpc) is 1.07. The fraction of sp³-hybridized carbons (Fsp3) is 0.949. The van der Waals surface area contributed by atoms with Gasteiger partial charge in [0.25, 0.3) is 0 Å². The van der Waals surface area contributed by atoms with Crippen LogP contribution in [-0.4, -0.2) is 96.7 Å². The van der Waals surface area contributed by atoms with Crippen molar-refractivity contribution >= 4 is 39.5 Å². The van der Waals surface area contributed by atoms with Crippen molar-refractivity contribution in [2.24, 2.45) is 23.7 Å². The minimum absolute atomic E-state index is 0.103. The molecule has 0 aromatic carbocycles. The Morgan fingerprint density at radius 3 is 0.724 bits per heavy atom. The number of hydrogen-bond donors (Lipinski definition) is 3. The first-order valence-corrected chi connectivity index (χ1v) is 43.7. The molecular formula is C79H154O17P2. The summed E-state index contributed by atoms with van der Waals surface area (Å²) in [6.45, 7) is 14.2. The largest absolute Gasteiger partial charge is 0.472 e. The van der Waals surface area contributed by atoms with Crippen molar-refractivity contribution in [3.8, 4) is 0 Å². The Kier molecular flexibility index (Phi) is 66.8. The molecule has 0 heterocycles. The van der Waals surface area contributed by atoms with E-state index in [0.717, 1.165) is 114 Å². The van der Waals surface area contributed by atoms with Crippen LogP contribution < -0.4 is 0 Å². The van der Waals surface area contributed by atoms with E-state index in [-0.39, 0.29) is 25.7 Å². The second kappa shape index (κ2) is 68.2. The average molecular weight is 1440 g/mol. The summed E-state index contributed by atoms with van der Waals surface area (Å²) in [6, 6.07) is 0. The summed E-state index contributed by atoms with van der Waals surface area (Å²) in [6.07, 6.45) is 54.3. The highest BCUT2D eigenvalue weighted by molar-refractivity contribution is 7.47. The van der Waals surface area contributed by atoms with Gasteiger partial charge < -0.3 is 33.8 Å². The molecule has 0 amide bonds. The Morgan fingerprint density at radius 2 is 0.490 bits per heavy atom. The SMILES string of the molecule is CCC(C)CCCCCCCCCCCCCCCCC(=O)O[C@H](COC(=O)CCCCCCCCCCCCCCCCCCC(C)C)COP(=O)(O)OCC(O)COP(=O)(O)OC[C@@H](COC(=O)CCCCCCCCCC(C)C)OC(=O)CCCCCCCCCCC(C)C. The third-order valence-corrected chi connectivity index (χ3v) is 20.6. The van der Waals surface area contributed by atoms with Gasteiger partial charge in [0, 0.05) is 25.7 Å². The van der Waals surface area contributed by atoms with Gasteiger partial charge in [-0.05, 0) is 49.4 Å². The van der Waals surface area contributed by atoms with Crippen LogP contribution in [0.1, 0.15) is 402 Å². The summed E-state index contributed by atoms with van der Waals surface area (Å²) >= 11 is 0. The number of unbranched alkanes of at least 4 members (excludes halogenated alkanes) is 41. The molecular weight excluding hydrogens is 1280 g/mol. The number of esters is 4. The third kappa shape index (κ3) is 71.1. The summed E-state index contributed by atoms with van der Waals surface area (Å²) < 4.78 is 68.6. The van der Waals surface area contributed by atoms with Crippen molar-refractivity contribution < 1.29 is 80.2 Å². The van der Waals surface area contributed by atoms with Crippen LogP contribution in [-0.2, 0) is 65.4 Å². The van der Waals surface area contributed by atoms with Gasteiger partial charge in [-0.25, -0.2) is 9.13 Å². The molecule has 0 radical (unpaired) electrons. The Morgan fingerprint density at radius 1 is 0.286 bits per heavy atom. The van der Waals surface area contributed by atoms with Gasteiger partial charge in [-0.2, -0.15) is 0 Å². The number of carbonyl (C=O) groups is 4.